The van der Waals surface area contributed by atoms with Gasteiger partial charge in [0.25, 0.3) is 0 Å². The molecule has 0 bridgehead atoms. The summed E-state index contributed by atoms with van der Waals surface area (Å²) in [5.41, 5.74) is 0. The molecule has 0 rings (SSSR count). The van der Waals surface area contributed by atoms with Gasteiger partial charge in [-0.3, -0.25) is 4.79 Å². The third kappa shape index (κ3) is 14.3. The van der Waals surface area contributed by atoms with Crippen molar-refractivity contribution in [1.82, 2.24) is 0 Å². The number of hydrogen-bond acceptors (Lipinski definition) is 7. The van der Waals surface area contributed by atoms with Gasteiger partial charge < -0.3 is 35.4 Å². The maximum Gasteiger partial charge on any atom is 0.303 e. The van der Waals surface area contributed by atoms with Gasteiger partial charge in [0.1, 0.15) is 24.4 Å². The highest BCUT2D eigenvalue weighted by atomic mass is 16.4. The number of aliphatic carboxylic acids is 1. The number of hydrogen-bond donors (Lipinski definition) is 6. The summed E-state index contributed by atoms with van der Waals surface area (Å²) in [7, 11) is 0. The third-order valence-electron chi connectivity index (χ3n) is 3.16. The van der Waals surface area contributed by atoms with E-state index in [4.69, 9.17) is 30.6 Å². The Morgan fingerprint density at radius 3 is 1.91 bits per heavy atom. The van der Waals surface area contributed by atoms with Gasteiger partial charge in [0.2, 0.25) is 0 Å². The fourth-order valence-electron chi connectivity index (χ4n) is 1.67. The Balaban J connectivity index is 0. The van der Waals surface area contributed by atoms with Crippen LogP contribution in [0.4, 0.5) is 0 Å². The minimum Gasteiger partial charge on any atom is -0.481 e. The van der Waals surface area contributed by atoms with Gasteiger partial charge in [0, 0.05) is 6.42 Å². The van der Waals surface area contributed by atoms with E-state index in [-0.39, 0.29) is 6.29 Å². The molecule has 8 nitrogen and oxygen atoms in total. The first kappa shape index (κ1) is 24.2. The number of rotatable bonds is 12. The summed E-state index contributed by atoms with van der Waals surface area (Å²) in [6, 6.07) is 0. The molecule has 0 amide bonds. The number of carboxylic acids is 1. The standard InChI is InChI=1S/C9H18O2.C6H12O6/c1-2-3-4-5-6-7-8-9(10)11;7-1-3(9)5(11)6(12)4(10)2-8/h2-8H2,1H3,(H,10,11);1,3-6,8-12H,2H2/t;3-,4+,5+,6+/m.0/s1. The Morgan fingerprint density at radius 2 is 1.48 bits per heavy atom. The van der Waals surface area contributed by atoms with E-state index < -0.39 is 37.0 Å². The molecule has 8 heteroatoms. The zero-order valence-electron chi connectivity index (χ0n) is 13.5. The van der Waals surface area contributed by atoms with Crippen molar-refractivity contribution in [2.75, 3.05) is 6.61 Å². The molecular weight excluding hydrogens is 308 g/mol. The fraction of sp³-hybridized carbons (Fsp3) is 0.867. The molecule has 0 fully saturated rings. The van der Waals surface area contributed by atoms with Crippen LogP contribution in [0, 0.1) is 0 Å². The number of unbranched alkanes of at least 4 members (excludes halogenated alkanes) is 5. The molecule has 6 N–H and O–H groups in total. The topological polar surface area (TPSA) is 156 Å². The second-order valence-electron chi connectivity index (χ2n) is 5.27. The smallest absolute Gasteiger partial charge is 0.303 e. The van der Waals surface area contributed by atoms with Crippen LogP contribution in [-0.4, -0.2) is 73.9 Å². The van der Waals surface area contributed by atoms with Crippen LogP contribution in [0.15, 0.2) is 0 Å². The quantitative estimate of drug-likeness (QED) is 0.204. The summed E-state index contributed by atoms with van der Waals surface area (Å²) >= 11 is 0. The Bertz CT molecular complexity index is 297. The Morgan fingerprint density at radius 1 is 0.957 bits per heavy atom. The van der Waals surface area contributed by atoms with Crippen molar-refractivity contribution >= 4 is 12.3 Å². The highest BCUT2D eigenvalue weighted by Gasteiger charge is 2.29. The van der Waals surface area contributed by atoms with Crippen LogP contribution in [0.25, 0.3) is 0 Å². The minimum absolute atomic E-state index is 0.0258. The molecule has 0 aliphatic carbocycles. The van der Waals surface area contributed by atoms with Crippen molar-refractivity contribution in [2.24, 2.45) is 0 Å². The largest absolute Gasteiger partial charge is 0.481 e. The first-order chi connectivity index (χ1) is 10.8. The third-order valence-corrected chi connectivity index (χ3v) is 3.16. The second kappa shape index (κ2) is 15.8. The number of aldehydes is 1. The molecule has 0 unspecified atom stereocenters. The fourth-order valence-corrected chi connectivity index (χ4v) is 1.67. The number of carboxylic acid groups (broad SMARTS) is 1. The molecule has 0 aromatic rings. The van der Waals surface area contributed by atoms with Crippen LogP contribution < -0.4 is 0 Å². The van der Waals surface area contributed by atoms with E-state index in [2.05, 4.69) is 6.92 Å². The van der Waals surface area contributed by atoms with Gasteiger partial charge in [0.05, 0.1) is 6.61 Å². The van der Waals surface area contributed by atoms with E-state index >= 15 is 0 Å². The van der Waals surface area contributed by atoms with E-state index in [1.165, 1.54) is 25.7 Å². The van der Waals surface area contributed by atoms with Gasteiger partial charge in [-0.2, -0.15) is 0 Å². The van der Waals surface area contributed by atoms with E-state index in [0.717, 1.165) is 12.8 Å². The first-order valence-corrected chi connectivity index (χ1v) is 7.81. The summed E-state index contributed by atoms with van der Waals surface area (Å²) in [6.07, 6.45) is 0.411. The molecule has 0 spiro atoms. The Labute approximate surface area is 136 Å². The van der Waals surface area contributed by atoms with E-state index in [1.54, 1.807) is 0 Å². The van der Waals surface area contributed by atoms with Crippen LogP contribution in [0.1, 0.15) is 51.9 Å². The lowest BCUT2D eigenvalue weighted by molar-refractivity contribution is -0.137. The van der Waals surface area contributed by atoms with Crippen LogP contribution in [0.2, 0.25) is 0 Å². The molecule has 0 aromatic carbocycles. The normalized spacial score (nSPS) is 15.7. The zero-order valence-corrected chi connectivity index (χ0v) is 13.5. The van der Waals surface area contributed by atoms with Gasteiger partial charge in [-0.05, 0) is 6.42 Å². The van der Waals surface area contributed by atoms with Gasteiger partial charge in [0.15, 0.2) is 6.29 Å². The monoisotopic (exact) mass is 338 g/mol. The maximum absolute atomic E-state index is 10.1. The predicted octanol–water partition coefficient (Wildman–Crippen LogP) is -0.557. The zero-order chi connectivity index (χ0) is 18.3. The van der Waals surface area contributed by atoms with E-state index in [0.29, 0.717) is 6.42 Å². The van der Waals surface area contributed by atoms with E-state index in [1.807, 2.05) is 0 Å². The van der Waals surface area contributed by atoms with Crippen LogP contribution in [0.5, 0.6) is 0 Å². The van der Waals surface area contributed by atoms with E-state index in [9.17, 15) is 9.59 Å². The molecule has 0 heterocycles. The van der Waals surface area contributed by atoms with Crippen molar-refractivity contribution in [1.29, 1.82) is 0 Å². The van der Waals surface area contributed by atoms with Gasteiger partial charge in [-0.15, -0.1) is 0 Å². The second-order valence-corrected chi connectivity index (χ2v) is 5.27. The van der Waals surface area contributed by atoms with Gasteiger partial charge in [-0.25, -0.2) is 0 Å². The number of aliphatic hydroxyl groups is 5. The maximum atomic E-state index is 10.1. The first-order valence-electron chi connectivity index (χ1n) is 7.81. The Hall–Kier alpha value is -1.06. The molecular formula is C15H30O8. The van der Waals surface area contributed by atoms with Crippen LogP contribution in [0.3, 0.4) is 0 Å². The van der Waals surface area contributed by atoms with Gasteiger partial charge >= 0.3 is 5.97 Å². The summed E-state index contributed by atoms with van der Waals surface area (Å²) in [5.74, 6) is -0.666. The van der Waals surface area contributed by atoms with Crippen molar-refractivity contribution in [2.45, 2.75) is 76.3 Å². The summed E-state index contributed by atoms with van der Waals surface area (Å²) in [4.78, 5) is 20.0. The molecule has 0 radical (unpaired) electrons. The average molecular weight is 338 g/mol. The lowest BCUT2D eigenvalue weighted by atomic mass is 10.0. The van der Waals surface area contributed by atoms with Crippen LogP contribution in [-0.2, 0) is 9.59 Å². The molecule has 0 aliphatic heterocycles. The summed E-state index contributed by atoms with van der Waals surface area (Å²) < 4.78 is 0. The molecule has 138 valence electrons. The number of carbonyl (C=O) groups is 2. The number of aliphatic hydroxyl groups excluding tert-OH is 5. The van der Waals surface area contributed by atoms with Crippen molar-refractivity contribution < 1.29 is 40.2 Å². The van der Waals surface area contributed by atoms with Crippen LogP contribution >= 0.6 is 0 Å². The van der Waals surface area contributed by atoms with Crippen molar-refractivity contribution in [3.05, 3.63) is 0 Å². The molecule has 0 saturated carbocycles. The highest BCUT2D eigenvalue weighted by Crippen LogP contribution is 2.06. The summed E-state index contributed by atoms with van der Waals surface area (Å²) in [5, 5.41) is 51.9. The van der Waals surface area contributed by atoms with Crippen molar-refractivity contribution in [3.63, 3.8) is 0 Å². The van der Waals surface area contributed by atoms with Crippen molar-refractivity contribution in [3.8, 4) is 0 Å². The molecule has 0 saturated heterocycles. The molecule has 0 aromatic heterocycles. The average Bonchev–Trinajstić information content (AvgIpc) is 2.55. The molecule has 23 heavy (non-hydrogen) atoms. The predicted molar refractivity (Wildman–Crippen MR) is 82.8 cm³/mol. The molecule has 4 atom stereocenters. The SMILES string of the molecule is CCCCCCCCC(=O)O.O=C[C@H](O)[C@@H](O)[C@H](O)[C@H](O)CO. The lowest BCUT2D eigenvalue weighted by Crippen LogP contribution is -2.46. The highest BCUT2D eigenvalue weighted by molar-refractivity contribution is 5.66. The number of carbonyl (C=O) groups excluding carboxylic acids is 1. The Kier molecular flexibility index (Phi) is 16.6. The van der Waals surface area contributed by atoms with Gasteiger partial charge in [-0.1, -0.05) is 39.0 Å². The summed E-state index contributed by atoms with van der Waals surface area (Å²) in [6.45, 7) is 1.42. The lowest BCUT2D eigenvalue weighted by Gasteiger charge is -2.22. The minimum atomic E-state index is -1.79. The molecule has 0 aliphatic rings.